The zero-order chi connectivity index (χ0) is 25.4. The van der Waals surface area contributed by atoms with Gasteiger partial charge in [-0.05, 0) is 85.6 Å². The zero-order valence-electron chi connectivity index (χ0n) is 20.6. The van der Waals surface area contributed by atoms with Crippen molar-refractivity contribution in [2.75, 3.05) is 13.2 Å². The number of rotatable bonds is 3. The Morgan fingerprint density at radius 1 is 0.658 bits per heavy atom. The largest absolute Gasteiger partial charge is 0.508 e. The van der Waals surface area contributed by atoms with Gasteiger partial charge in [0.15, 0.2) is 0 Å². The van der Waals surface area contributed by atoms with Gasteiger partial charge >= 0.3 is 0 Å². The molecule has 38 heavy (non-hydrogen) atoms. The number of hydrogen-bond acceptors (Lipinski definition) is 5. The molecule has 3 aliphatic rings. The summed E-state index contributed by atoms with van der Waals surface area (Å²) in [6.07, 6.45) is 0.821. The van der Waals surface area contributed by atoms with E-state index in [0.717, 1.165) is 22.1 Å². The molecule has 8 rings (SSSR count). The molecule has 2 fully saturated rings. The first kappa shape index (κ1) is 22.1. The Morgan fingerprint density at radius 2 is 1.32 bits per heavy atom. The maximum Gasteiger partial charge on any atom is 0.115 e. The van der Waals surface area contributed by atoms with Gasteiger partial charge in [0.1, 0.15) is 35.9 Å². The summed E-state index contributed by atoms with van der Waals surface area (Å²) in [5.74, 6) is 0.512. The van der Waals surface area contributed by atoms with E-state index in [1.165, 1.54) is 32.8 Å². The first-order valence-electron chi connectivity index (χ1n) is 13.1. The minimum absolute atomic E-state index is 0.0162. The Morgan fingerprint density at radius 3 is 2.08 bits per heavy atom. The average molecular weight is 503 g/mol. The number of aromatic hydroxyl groups is 2. The van der Waals surface area contributed by atoms with E-state index in [4.69, 9.17) is 14.2 Å². The van der Waals surface area contributed by atoms with E-state index in [1.54, 1.807) is 24.3 Å². The molecule has 3 heterocycles. The fraction of sp³-hybridized carbons (Fsp3) is 0.212. The van der Waals surface area contributed by atoms with Crippen molar-refractivity contribution in [3.8, 4) is 22.6 Å². The van der Waals surface area contributed by atoms with Crippen molar-refractivity contribution >= 4 is 21.5 Å². The molecule has 0 amide bonds. The van der Waals surface area contributed by atoms with Crippen molar-refractivity contribution in [1.82, 2.24) is 0 Å². The zero-order valence-corrected chi connectivity index (χ0v) is 20.6. The van der Waals surface area contributed by atoms with Crippen molar-refractivity contribution in [3.63, 3.8) is 0 Å². The number of ether oxygens (including phenoxy) is 3. The van der Waals surface area contributed by atoms with Crippen LogP contribution >= 0.6 is 0 Å². The highest BCUT2D eigenvalue weighted by molar-refractivity contribution is 6.16. The van der Waals surface area contributed by atoms with E-state index in [0.29, 0.717) is 19.6 Å². The lowest BCUT2D eigenvalue weighted by molar-refractivity contribution is 0.102. The third-order valence-electron chi connectivity index (χ3n) is 8.17. The Bertz CT molecular complexity index is 1710. The van der Waals surface area contributed by atoms with Gasteiger partial charge in [0.2, 0.25) is 0 Å². The third-order valence-corrected chi connectivity index (χ3v) is 8.17. The molecule has 4 unspecified atom stereocenters. The van der Waals surface area contributed by atoms with Gasteiger partial charge in [0.05, 0.1) is 13.2 Å². The molecule has 2 N–H and O–H groups in total. The molecule has 188 valence electrons. The predicted octanol–water partition coefficient (Wildman–Crippen LogP) is 6.57. The lowest BCUT2D eigenvalue weighted by atomic mass is 9.82. The molecular weight excluding hydrogens is 476 g/mol. The lowest BCUT2D eigenvalue weighted by Crippen LogP contribution is -2.06. The topological polar surface area (TPSA) is 74.8 Å². The Hall–Kier alpha value is -3.90. The van der Waals surface area contributed by atoms with Gasteiger partial charge in [-0.1, -0.05) is 60.7 Å². The minimum Gasteiger partial charge on any atom is -0.508 e. The van der Waals surface area contributed by atoms with E-state index in [-0.39, 0.29) is 35.9 Å². The van der Waals surface area contributed by atoms with Crippen LogP contribution in [0.4, 0.5) is 0 Å². The third kappa shape index (κ3) is 3.51. The van der Waals surface area contributed by atoms with Gasteiger partial charge in [0.25, 0.3) is 0 Å². The summed E-state index contributed by atoms with van der Waals surface area (Å²) in [5.41, 5.74) is 6.98. The van der Waals surface area contributed by atoms with Crippen LogP contribution < -0.4 is 0 Å². The average Bonchev–Trinajstić information content (AvgIpc) is 3.87. The molecule has 0 aliphatic carbocycles. The molecular formula is C33H26O5. The number of phenols is 2. The molecule has 5 aromatic carbocycles. The summed E-state index contributed by atoms with van der Waals surface area (Å²) < 4.78 is 18.2. The van der Waals surface area contributed by atoms with Crippen molar-refractivity contribution in [2.24, 2.45) is 0 Å². The molecule has 5 heteroatoms. The van der Waals surface area contributed by atoms with Crippen LogP contribution in [0.2, 0.25) is 0 Å². The number of fused-ring (bicyclic) bond motifs is 8. The van der Waals surface area contributed by atoms with Crippen molar-refractivity contribution in [2.45, 2.75) is 30.8 Å². The number of epoxide rings is 2. The molecule has 4 atom stereocenters. The molecule has 0 saturated carbocycles. The molecule has 0 radical (unpaired) electrons. The van der Waals surface area contributed by atoms with E-state index < -0.39 is 0 Å². The number of hydrogen-bond donors (Lipinski definition) is 2. The van der Waals surface area contributed by atoms with Crippen molar-refractivity contribution < 1.29 is 24.4 Å². The fourth-order valence-corrected chi connectivity index (χ4v) is 6.28. The second-order valence-corrected chi connectivity index (χ2v) is 10.5. The molecule has 0 aromatic heterocycles. The van der Waals surface area contributed by atoms with E-state index in [2.05, 4.69) is 36.4 Å². The van der Waals surface area contributed by atoms with Gasteiger partial charge in [-0.15, -0.1) is 0 Å². The predicted molar refractivity (Wildman–Crippen MR) is 146 cm³/mol. The van der Waals surface area contributed by atoms with Crippen LogP contribution in [0.3, 0.4) is 0 Å². The smallest absolute Gasteiger partial charge is 0.115 e. The highest BCUT2D eigenvalue weighted by atomic mass is 16.6. The molecule has 5 aromatic rings. The molecule has 0 spiro atoms. The Balaban J connectivity index is 1.49. The highest BCUT2D eigenvalue weighted by Gasteiger charge is 2.50. The second-order valence-electron chi connectivity index (χ2n) is 10.5. The van der Waals surface area contributed by atoms with E-state index in [9.17, 15) is 10.2 Å². The van der Waals surface area contributed by atoms with Crippen LogP contribution in [0, 0.1) is 0 Å². The normalized spacial score (nSPS) is 23.6. The Kier molecular flexibility index (Phi) is 4.83. The summed E-state index contributed by atoms with van der Waals surface area (Å²) in [6, 6.07) is 28.0. The maximum absolute atomic E-state index is 10.0. The monoisotopic (exact) mass is 502 g/mol. The highest BCUT2D eigenvalue weighted by Crippen LogP contribution is 2.54. The first-order chi connectivity index (χ1) is 18.7. The second kappa shape index (κ2) is 8.30. The first-order valence-corrected chi connectivity index (χ1v) is 13.1. The van der Waals surface area contributed by atoms with Crippen LogP contribution in [-0.4, -0.2) is 35.6 Å². The van der Waals surface area contributed by atoms with Crippen molar-refractivity contribution in [1.29, 1.82) is 0 Å². The molecule has 3 aliphatic heterocycles. The molecule has 2 saturated heterocycles. The van der Waals surface area contributed by atoms with E-state index in [1.807, 2.05) is 24.3 Å². The maximum atomic E-state index is 10.0. The summed E-state index contributed by atoms with van der Waals surface area (Å²) >= 11 is 0. The van der Waals surface area contributed by atoms with Crippen molar-refractivity contribution in [3.05, 3.63) is 107 Å². The summed E-state index contributed by atoms with van der Waals surface area (Å²) in [7, 11) is 0. The lowest BCUT2D eigenvalue weighted by Gasteiger charge is -2.21. The quantitative estimate of drug-likeness (QED) is 0.216. The van der Waals surface area contributed by atoms with Gasteiger partial charge in [0, 0.05) is 0 Å². The molecule has 0 bridgehead atoms. The SMILES string of the molecule is Oc1ccc(Cc2c3ccccc3c(-c3ccc(O)cc3)c3ccc4c(c23)C2OC2COCC2OC42)cc1. The van der Waals surface area contributed by atoms with Gasteiger partial charge < -0.3 is 24.4 Å². The van der Waals surface area contributed by atoms with Crippen LogP contribution in [0.15, 0.2) is 84.9 Å². The van der Waals surface area contributed by atoms with Crippen LogP contribution in [0.1, 0.15) is 34.5 Å². The fourth-order valence-electron chi connectivity index (χ4n) is 6.28. The number of phenolic OH excluding ortho intramolecular Hbond substituents is 2. The van der Waals surface area contributed by atoms with Crippen LogP contribution in [0.25, 0.3) is 32.7 Å². The van der Waals surface area contributed by atoms with Gasteiger partial charge in [-0.3, -0.25) is 0 Å². The van der Waals surface area contributed by atoms with Crippen LogP contribution in [-0.2, 0) is 20.6 Å². The number of benzene rings is 5. The Labute approximate surface area is 219 Å². The van der Waals surface area contributed by atoms with Gasteiger partial charge in [-0.2, -0.15) is 0 Å². The minimum atomic E-state index is -0.0379. The summed E-state index contributed by atoms with van der Waals surface area (Å²) in [6.45, 7) is 1.16. The molecule has 5 nitrogen and oxygen atoms in total. The van der Waals surface area contributed by atoms with Gasteiger partial charge in [-0.25, -0.2) is 0 Å². The summed E-state index contributed by atoms with van der Waals surface area (Å²) in [4.78, 5) is 0. The standard InChI is InChI=1S/C33H26O5/c34-20-9-5-18(6-10-20)15-26-22-3-1-2-4-23(22)29(19-7-11-21(35)12-8-19)24-13-14-25-31(30(24)26)33-28(38-33)17-36-16-27-32(25)37-27/h1-14,27-28,32-35H,15-17H2. The van der Waals surface area contributed by atoms with Crippen LogP contribution in [0.5, 0.6) is 11.5 Å². The van der Waals surface area contributed by atoms with E-state index >= 15 is 0 Å². The summed E-state index contributed by atoms with van der Waals surface area (Å²) in [5, 5.41) is 24.6.